The van der Waals surface area contributed by atoms with Crippen molar-refractivity contribution in [3.63, 3.8) is 0 Å². The summed E-state index contributed by atoms with van der Waals surface area (Å²) in [5, 5.41) is 0. The molecule has 26 heavy (non-hydrogen) atoms. The molecule has 0 unspecified atom stereocenters. The molecule has 2 aromatic rings. The van der Waals surface area contributed by atoms with Gasteiger partial charge in [0.2, 0.25) is 15.8 Å². The highest BCUT2D eigenvalue weighted by molar-refractivity contribution is 7.92. The lowest BCUT2D eigenvalue weighted by Gasteiger charge is -2.12. The van der Waals surface area contributed by atoms with Gasteiger partial charge in [-0.05, 0) is 56.2 Å². The number of nitrogens with one attached hydrogen (secondary N) is 1. The van der Waals surface area contributed by atoms with E-state index in [-0.39, 0.29) is 5.78 Å². The van der Waals surface area contributed by atoms with Gasteiger partial charge < -0.3 is 4.74 Å². The van der Waals surface area contributed by atoms with Crippen LogP contribution < -0.4 is 4.72 Å². The number of rotatable bonds is 7. The molecule has 0 aliphatic carbocycles. The molecule has 0 amide bonds. The van der Waals surface area contributed by atoms with Crippen molar-refractivity contribution in [2.75, 3.05) is 11.0 Å². The maximum Gasteiger partial charge on any atom is 0.349 e. The third kappa shape index (κ3) is 5.15. The number of carbonyl (C=O) groups is 2. The number of aryl methyl sites for hydroxylation is 2. The highest BCUT2D eigenvalue weighted by Crippen LogP contribution is 2.23. The maximum absolute atomic E-state index is 12.4. The van der Waals surface area contributed by atoms with Crippen molar-refractivity contribution >= 4 is 38.8 Å². The lowest BCUT2D eigenvalue weighted by molar-refractivity contribution is 0.0323. The second-order valence-electron chi connectivity index (χ2n) is 5.91. The Bertz CT molecular complexity index is 914. The number of hydrogen-bond acceptors (Lipinski definition) is 6. The lowest BCUT2D eigenvalue weighted by Crippen LogP contribution is -2.24. The van der Waals surface area contributed by atoms with Crippen LogP contribution in [0.4, 0.5) is 5.69 Å². The Kier molecular flexibility index (Phi) is 6.20. The molecular formula is C18H21NO5S2. The Labute approximate surface area is 157 Å². The Morgan fingerprint density at radius 2 is 1.85 bits per heavy atom. The third-order valence-corrected chi connectivity index (χ3v) is 5.41. The zero-order valence-corrected chi connectivity index (χ0v) is 16.7. The SMILES string of the molecule is CCc1cc(C(=O)O[C@@H](C)C(=O)c2ccc(NS(C)(=O)=O)cc2)sc1C. The number of thiophene rings is 1. The van der Waals surface area contributed by atoms with E-state index in [0.29, 0.717) is 16.1 Å². The first-order valence-electron chi connectivity index (χ1n) is 8.03. The fourth-order valence-corrected chi connectivity index (χ4v) is 3.96. The predicted octanol–water partition coefficient (Wildman–Crippen LogP) is 3.42. The van der Waals surface area contributed by atoms with Gasteiger partial charge >= 0.3 is 5.97 Å². The van der Waals surface area contributed by atoms with Gasteiger partial charge in [-0.15, -0.1) is 11.3 Å². The zero-order valence-electron chi connectivity index (χ0n) is 15.0. The number of carbonyl (C=O) groups excluding carboxylic acids is 2. The molecule has 0 saturated heterocycles. The topological polar surface area (TPSA) is 89.5 Å². The monoisotopic (exact) mass is 395 g/mol. The van der Waals surface area contributed by atoms with E-state index in [2.05, 4.69) is 4.72 Å². The van der Waals surface area contributed by atoms with E-state index in [1.807, 2.05) is 13.8 Å². The Balaban J connectivity index is 2.05. The van der Waals surface area contributed by atoms with Crippen LogP contribution in [0.15, 0.2) is 30.3 Å². The normalized spacial score (nSPS) is 12.5. The summed E-state index contributed by atoms with van der Waals surface area (Å²) in [6.45, 7) is 5.48. The van der Waals surface area contributed by atoms with Gasteiger partial charge in [0.15, 0.2) is 6.10 Å². The zero-order chi connectivity index (χ0) is 19.5. The van der Waals surface area contributed by atoms with Gasteiger partial charge in [-0.1, -0.05) is 6.92 Å². The molecule has 8 heteroatoms. The molecule has 0 bridgehead atoms. The molecule has 6 nitrogen and oxygen atoms in total. The van der Waals surface area contributed by atoms with Crippen molar-refractivity contribution in [2.45, 2.75) is 33.3 Å². The number of anilines is 1. The van der Waals surface area contributed by atoms with Crippen molar-refractivity contribution in [2.24, 2.45) is 0 Å². The summed E-state index contributed by atoms with van der Waals surface area (Å²) in [5.41, 5.74) is 1.78. The van der Waals surface area contributed by atoms with Crippen LogP contribution in [-0.4, -0.2) is 32.5 Å². The third-order valence-electron chi connectivity index (χ3n) is 3.73. The summed E-state index contributed by atoms with van der Waals surface area (Å²) >= 11 is 1.35. The molecule has 1 aromatic carbocycles. The molecule has 140 valence electrons. The first-order valence-corrected chi connectivity index (χ1v) is 10.7. The van der Waals surface area contributed by atoms with Gasteiger partial charge in [0.25, 0.3) is 0 Å². The lowest BCUT2D eigenvalue weighted by atomic mass is 10.1. The molecule has 0 aliphatic heterocycles. The summed E-state index contributed by atoms with van der Waals surface area (Å²) in [7, 11) is -3.38. The first-order chi connectivity index (χ1) is 12.1. The van der Waals surface area contributed by atoms with E-state index >= 15 is 0 Å². The van der Waals surface area contributed by atoms with Crippen molar-refractivity contribution in [1.29, 1.82) is 0 Å². The smallest absolute Gasteiger partial charge is 0.349 e. The Hall–Kier alpha value is -2.19. The number of Topliss-reactive ketones (excluding diaryl/α,β-unsaturated/α-hetero) is 1. The van der Waals surface area contributed by atoms with E-state index in [4.69, 9.17) is 4.74 Å². The molecular weight excluding hydrogens is 374 g/mol. The average molecular weight is 396 g/mol. The summed E-state index contributed by atoms with van der Waals surface area (Å²) in [4.78, 5) is 26.2. The summed E-state index contributed by atoms with van der Waals surface area (Å²) in [5.74, 6) is -0.873. The molecule has 1 N–H and O–H groups in total. The maximum atomic E-state index is 12.4. The van der Waals surface area contributed by atoms with Crippen molar-refractivity contribution in [1.82, 2.24) is 0 Å². The summed E-state index contributed by atoms with van der Waals surface area (Å²) in [6.07, 6.45) is 0.936. The van der Waals surface area contributed by atoms with Crippen LogP contribution in [-0.2, 0) is 21.2 Å². The van der Waals surface area contributed by atoms with E-state index in [0.717, 1.165) is 23.1 Å². The number of sulfonamides is 1. The summed E-state index contributed by atoms with van der Waals surface area (Å²) < 4.78 is 30.0. The molecule has 1 aromatic heterocycles. The molecule has 0 spiro atoms. The minimum atomic E-state index is -3.38. The van der Waals surface area contributed by atoms with E-state index in [1.54, 1.807) is 6.07 Å². The number of esters is 1. The standard InChI is InChI=1S/C18H21NO5S2/c1-5-13-10-16(25-12(13)3)18(21)24-11(2)17(20)14-6-8-15(9-7-14)19-26(4,22)23/h6-11,19H,5H2,1-4H3/t11-/m0/s1. The van der Waals surface area contributed by atoms with Crippen LogP contribution >= 0.6 is 11.3 Å². The van der Waals surface area contributed by atoms with Gasteiger partial charge in [-0.25, -0.2) is 13.2 Å². The minimum Gasteiger partial charge on any atom is -0.450 e. The molecule has 0 radical (unpaired) electrons. The minimum absolute atomic E-state index is 0.334. The largest absolute Gasteiger partial charge is 0.450 e. The number of ether oxygens (including phenoxy) is 1. The van der Waals surface area contributed by atoms with Crippen LogP contribution in [0.5, 0.6) is 0 Å². The van der Waals surface area contributed by atoms with Gasteiger partial charge in [-0.2, -0.15) is 0 Å². The van der Waals surface area contributed by atoms with Gasteiger partial charge in [0.05, 0.1) is 6.26 Å². The number of benzene rings is 1. The van der Waals surface area contributed by atoms with Crippen molar-refractivity contribution in [3.05, 3.63) is 51.2 Å². The molecule has 1 atom stereocenters. The van der Waals surface area contributed by atoms with Crippen molar-refractivity contribution < 1.29 is 22.7 Å². The second kappa shape index (κ2) is 8.01. The highest BCUT2D eigenvalue weighted by Gasteiger charge is 2.22. The number of hydrogen-bond donors (Lipinski definition) is 1. The summed E-state index contributed by atoms with van der Waals surface area (Å²) in [6, 6.07) is 7.75. The molecule has 1 heterocycles. The fourth-order valence-electron chi connectivity index (χ4n) is 2.39. The average Bonchev–Trinajstić information content (AvgIpc) is 2.94. The molecule has 0 aliphatic rings. The quantitative estimate of drug-likeness (QED) is 0.573. The van der Waals surface area contributed by atoms with Gasteiger partial charge in [0, 0.05) is 16.1 Å². The van der Waals surface area contributed by atoms with Crippen LogP contribution in [0, 0.1) is 6.92 Å². The van der Waals surface area contributed by atoms with E-state index < -0.39 is 22.1 Å². The molecule has 0 fully saturated rings. The van der Waals surface area contributed by atoms with Gasteiger partial charge in [0.1, 0.15) is 4.88 Å². The Morgan fingerprint density at radius 1 is 1.23 bits per heavy atom. The second-order valence-corrected chi connectivity index (χ2v) is 8.91. The van der Waals surface area contributed by atoms with Crippen LogP contribution in [0.3, 0.4) is 0 Å². The first kappa shape index (κ1) is 20.1. The molecule has 0 saturated carbocycles. The number of ketones is 1. The highest BCUT2D eigenvalue weighted by atomic mass is 32.2. The van der Waals surface area contributed by atoms with Crippen molar-refractivity contribution in [3.8, 4) is 0 Å². The molecule has 2 rings (SSSR count). The Morgan fingerprint density at radius 3 is 2.35 bits per heavy atom. The van der Waals surface area contributed by atoms with Gasteiger partial charge in [-0.3, -0.25) is 9.52 Å². The van der Waals surface area contributed by atoms with Crippen LogP contribution in [0.1, 0.15) is 44.3 Å². The fraction of sp³-hybridized carbons (Fsp3) is 0.333. The van der Waals surface area contributed by atoms with E-state index in [9.17, 15) is 18.0 Å². The van der Waals surface area contributed by atoms with Crippen LogP contribution in [0.25, 0.3) is 0 Å². The van der Waals surface area contributed by atoms with Crippen LogP contribution in [0.2, 0.25) is 0 Å². The van der Waals surface area contributed by atoms with E-state index in [1.165, 1.54) is 42.5 Å². The predicted molar refractivity (Wildman–Crippen MR) is 103 cm³/mol.